The first-order valence-corrected chi connectivity index (χ1v) is 7.64. The maximum atomic E-state index is 12.3. The summed E-state index contributed by atoms with van der Waals surface area (Å²) in [6.07, 6.45) is 0.702. The van der Waals surface area contributed by atoms with Gasteiger partial charge in [-0.25, -0.2) is 0 Å². The van der Waals surface area contributed by atoms with E-state index in [1.807, 2.05) is 24.3 Å². The number of pyridine rings is 1. The average Bonchev–Trinajstić information content (AvgIpc) is 2.52. The molecule has 0 aliphatic carbocycles. The molecule has 1 aromatic heterocycles. The van der Waals surface area contributed by atoms with Crippen molar-refractivity contribution in [1.29, 1.82) is 0 Å². The number of aliphatic hydroxyl groups excluding tert-OH is 1. The second-order valence-electron chi connectivity index (χ2n) is 5.50. The van der Waals surface area contributed by atoms with Crippen LogP contribution in [0.5, 0.6) is 5.75 Å². The van der Waals surface area contributed by atoms with Crippen LogP contribution in [0.2, 0.25) is 0 Å². The molecular formula is C17H24N2O3. The van der Waals surface area contributed by atoms with Gasteiger partial charge in [0, 0.05) is 35.7 Å². The van der Waals surface area contributed by atoms with E-state index in [4.69, 9.17) is 9.84 Å². The molecule has 1 heterocycles. The van der Waals surface area contributed by atoms with E-state index in [-0.39, 0.29) is 18.2 Å². The predicted octanol–water partition coefficient (Wildman–Crippen LogP) is 2.13. The summed E-state index contributed by atoms with van der Waals surface area (Å²) < 4.78 is 5.23. The highest BCUT2D eigenvalue weighted by atomic mass is 16.5. The molecule has 0 aliphatic heterocycles. The number of hydrogen-bond acceptors (Lipinski definition) is 4. The third kappa shape index (κ3) is 3.67. The number of aliphatic hydroxyl groups is 1. The van der Waals surface area contributed by atoms with E-state index >= 15 is 0 Å². The normalized spacial score (nSPS) is 12.8. The lowest BCUT2D eigenvalue weighted by molar-refractivity contribution is 0.167. The molecule has 0 radical (unpaired) electrons. The summed E-state index contributed by atoms with van der Waals surface area (Å²) in [6, 6.07) is 7.76. The zero-order valence-electron chi connectivity index (χ0n) is 13.4. The molecule has 0 fully saturated rings. The Labute approximate surface area is 130 Å². The van der Waals surface area contributed by atoms with E-state index in [0.717, 1.165) is 28.8 Å². The molecule has 120 valence electrons. The summed E-state index contributed by atoms with van der Waals surface area (Å²) >= 11 is 0. The fourth-order valence-corrected chi connectivity index (χ4v) is 2.64. The molecule has 0 bridgehead atoms. The first-order chi connectivity index (χ1) is 10.6. The highest BCUT2D eigenvalue weighted by Gasteiger charge is 2.14. The fourth-order valence-electron chi connectivity index (χ4n) is 2.64. The number of H-pyrrole nitrogens is 1. The number of hydrogen-bond donors (Lipinski definition) is 2. The first-order valence-electron chi connectivity index (χ1n) is 7.64. The molecular weight excluding hydrogens is 280 g/mol. The summed E-state index contributed by atoms with van der Waals surface area (Å²) in [5.74, 6) is 0.770. The van der Waals surface area contributed by atoms with Crippen molar-refractivity contribution in [2.45, 2.75) is 32.9 Å². The number of methoxy groups -OCH3 is 1. The average molecular weight is 304 g/mol. The highest BCUT2D eigenvalue weighted by Crippen LogP contribution is 2.19. The largest absolute Gasteiger partial charge is 0.497 e. The van der Waals surface area contributed by atoms with Crippen LogP contribution in [0.4, 0.5) is 0 Å². The van der Waals surface area contributed by atoms with Crippen molar-refractivity contribution >= 4 is 10.9 Å². The number of rotatable bonds is 7. The topological polar surface area (TPSA) is 65.6 Å². The van der Waals surface area contributed by atoms with Gasteiger partial charge < -0.3 is 14.8 Å². The molecule has 2 aromatic rings. The summed E-state index contributed by atoms with van der Waals surface area (Å²) in [7, 11) is 1.63. The van der Waals surface area contributed by atoms with E-state index in [0.29, 0.717) is 13.0 Å². The molecule has 0 spiro atoms. The Balaban J connectivity index is 2.33. The Hall–Kier alpha value is -1.85. The molecule has 2 rings (SSSR count). The highest BCUT2D eigenvalue weighted by molar-refractivity contribution is 5.80. The monoisotopic (exact) mass is 304 g/mol. The van der Waals surface area contributed by atoms with Gasteiger partial charge in [0.15, 0.2) is 0 Å². The molecule has 1 aromatic carbocycles. The van der Waals surface area contributed by atoms with Crippen molar-refractivity contribution in [3.63, 3.8) is 0 Å². The van der Waals surface area contributed by atoms with Crippen molar-refractivity contribution in [3.05, 3.63) is 40.2 Å². The van der Waals surface area contributed by atoms with Crippen LogP contribution in [0.25, 0.3) is 10.9 Å². The lowest BCUT2D eigenvalue weighted by Crippen LogP contribution is -2.35. The predicted molar refractivity (Wildman–Crippen MR) is 88.4 cm³/mol. The van der Waals surface area contributed by atoms with Crippen LogP contribution in [-0.2, 0) is 6.54 Å². The second-order valence-corrected chi connectivity index (χ2v) is 5.50. The third-order valence-electron chi connectivity index (χ3n) is 4.08. The first kappa shape index (κ1) is 16.5. The number of benzene rings is 1. The van der Waals surface area contributed by atoms with E-state index in [1.54, 1.807) is 7.11 Å². The van der Waals surface area contributed by atoms with Crippen LogP contribution < -0.4 is 10.3 Å². The Morgan fingerprint density at radius 1 is 1.36 bits per heavy atom. The van der Waals surface area contributed by atoms with E-state index in [9.17, 15) is 4.79 Å². The molecule has 5 nitrogen and oxygen atoms in total. The van der Waals surface area contributed by atoms with Gasteiger partial charge in [0.05, 0.1) is 7.11 Å². The minimum absolute atomic E-state index is 0.0627. The maximum Gasteiger partial charge on any atom is 0.252 e. The fraction of sp³-hybridized carbons (Fsp3) is 0.471. The second kappa shape index (κ2) is 7.42. The molecule has 2 N–H and O–H groups in total. The summed E-state index contributed by atoms with van der Waals surface area (Å²) in [5, 5.41) is 10.1. The minimum atomic E-state index is -0.0627. The van der Waals surface area contributed by atoms with Crippen molar-refractivity contribution in [2.24, 2.45) is 0 Å². The van der Waals surface area contributed by atoms with Crippen molar-refractivity contribution in [3.8, 4) is 5.75 Å². The molecule has 0 amide bonds. The lowest BCUT2D eigenvalue weighted by Gasteiger charge is -2.27. The smallest absolute Gasteiger partial charge is 0.252 e. The Kier molecular flexibility index (Phi) is 5.57. The van der Waals surface area contributed by atoms with Gasteiger partial charge in [-0.1, -0.05) is 6.92 Å². The van der Waals surface area contributed by atoms with Gasteiger partial charge in [0.1, 0.15) is 5.75 Å². The maximum absolute atomic E-state index is 12.3. The number of ether oxygens (including phenoxy) is 1. The van der Waals surface area contributed by atoms with Crippen LogP contribution in [0, 0.1) is 0 Å². The summed E-state index contributed by atoms with van der Waals surface area (Å²) in [5.41, 5.74) is 1.47. The van der Waals surface area contributed by atoms with Gasteiger partial charge in [-0.2, -0.15) is 0 Å². The molecule has 1 atom stereocenters. The number of aromatic amines is 1. The van der Waals surface area contributed by atoms with E-state index in [1.165, 1.54) is 0 Å². The Morgan fingerprint density at radius 3 is 2.77 bits per heavy atom. The van der Waals surface area contributed by atoms with Gasteiger partial charge in [0.25, 0.3) is 5.56 Å². The van der Waals surface area contributed by atoms with Gasteiger partial charge in [0.2, 0.25) is 0 Å². The van der Waals surface area contributed by atoms with Crippen LogP contribution >= 0.6 is 0 Å². The summed E-state index contributed by atoms with van der Waals surface area (Å²) in [6.45, 7) is 5.68. The van der Waals surface area contributed by atoms with Crippen LogP contribution in [0.15, 0.2) is 29.1 Å². The lowest BCUT2D eigenvalue weighted by atomic mass is 10.1. The minimum Gasteiger partial charge on any atom is -0.497 e. The molecule has 22 heavy (non-hydrogen) atoms. The zero-order valence-corrected chi connectivity index (χ0v) is 13.4. The number of aromatic nitrogens is 1. The number of nitrogens with zero attached hydrogens (tertiary/aromatic N) is 1. The Morgan fingerprint density at radius 2 is 2.14 bits per heavy atom. The van der Waals surface area contributed by atoms with Crippen LogP contribution in [0.1, 0.15) is 25.8 Å². The van der Waals surface area contributed by atoms with Crippen LogP contribution in [-0.4, -0.2) is 41.3 Å². The molecule has 0 saturated heterocycles. The third-order valence-corrected chi connectivity index (χ3v) is 4.08. The summed E-state index contributed by atoms with van der Waals surface area (Å²) in [4.78, 5) is 17.4. The van der Waals surface area contributed by atoms with E-state index < -0.39 is 0 Å². The van der Waals surface area contributed by atoms with Gasteiger partial charge in [-0.15, -0.1) is 0 Å². The van der Waals surface area contributed by atoms with Crippen molar-refractivity contribution in [1.82, 2.24) is 9.88 Å². The molecule has 0 saturated carbocycles. The van der Waals surface area contributed by atoms with Gasteiger partial charge in [-0.05, 0) is 44.2 Å². The quantitative estimate of drug-likeness (QED) is 0.822. The molecule has 5 heteroatoms. The van der Waals surface area contributed by atoms with Gasteiger partial charge >= 0.3 is 0 Å². The number of fused-ring (bicyclic) bond motifs is 1. The number of nitrogens with one attached hydrogen (secondary N) is 1. The Bertz CT molecular complexity index is 681. The standard InChI is InChI=1S/C17H24N2O3/c1-4-19(12(2)7-8-20)11-14-9-13-10-15(22-3)5-6-16(13)18-17(14)21/h5-6,9-10,12,20H,4,7-8,11H2,1-3H3,(H,18,21)/t12-/m0/s1. The van der Waals surface area contributed by atoms with Crippen molar-refractivity contribution < 1.29 is 9.84 Å². The van der Waals surface area contributed by atoms with Crippen molar-refractivity contribution in [2.75, 3.05) is 20.3 Å². The van der Waals surface area contributed by atoms with Crippen LogP contribution in [0.3, 0.4) is 0 Å². The zero-order chi connectivity index (χ0) is 16.1. The van der Waals surface area contributed by atoms with E-state index in [2.05, 4.69) is 23.7 Å². The SMILES string of the molecule is CCN(Cc1cc2cc(OC)ccc2[nH]c1=O)[C@@H](C)CCO. The molecule has 0 aliphatic rings. The van der Waals surface area contributed by atoms with Gasteiger partial charge in [-0.3, -0.25) is 9.69 Å². The molecule has 0 unspecified atom stereocenters.